The van der Waals surface area contributed by atoms with Crippen molar-refractivity contribution in [3.63, 3.8) is 0 Å². The second-order valence-corrected chi connectivity index (χ2v) is 5.00. The molecule has 1 heterocycles. The lowest BCUT2D eigenvalue weighted by Crippen LogP contribution is -2.12. The number of carbonyl (C=O) groups excluding carboxylic acids is 1. The van der Waals surface area contributed by atoms with Gasteiger partial charge in [-0.3, -0.25) is 0 Å². The summed E-state index contributed by atoms with van der Waals surface area (Å²) < 4.78 is 28.6. The van der Waals surface area contributed by atoms with Gasteiger partial charge in [0.15, 0.2) is 0 Å². The molecule has 0 bridgehead atoms. The van der Waals surface area contributed by atoms with Crippen molar-refractivity contribution in [2.24, 2.45) is 0 Å². The lowest BCUT2D eigenvalue weighted by Gasteiger charge is -2.18. The van der Waals surface area contributed by atoms with Gasteiger partial charge >= 0.3 is 5.97 Å². The zero-order valence-corrected chi connectivity index (χ0v) is 13.9. The fourth-order valence-electron chi connectivity index (χ4n) is 2.28. The quantitative estimate of drug-likeness (QED) is 0.818. The van der Waals surface area contributed by atoms with Gasteiger partial charge in [-0.15, -0.1) is 0 Å². The highest BCUT2D eigenvalue weighted by Gasteiger charge is 2.17. The molecule has 1 unspecified atom stereocenters. The summed E-state index contributed by atoms with van der Waals surface area (Å²) in [4.78, 5) is 15.9. The standard InChI is InChI=1S/C17H19FN2O4/c1-10(13-9-11(18)5-7-14(13)22-2)19-15-8-6-12(17(21)24-4)16(20-15)23-3/h5-10H,1-4H3,(H,19,20). The van der Waals surface area contributed by atoms with Gasteiger partial charge in [-0.1, -0.05) is 0 Å². The second kappa shape index (κ2) is 7.63. The molecule has 1 N–H and O–H groups in total. The predicted molar refractivity (Wildman–Crippen MR) is 87.1 cm³/mol. The molecule has 0 amide bonds. The zero-order chi connectivity index (χ0) is 17.7. The molecule has 2 rings (SSSR count). The van der Waals surface area contributed by atoms with Crippen molar-refractivity contribution in [3.8, 4) is 11.6 Å². The third-order valence-electron chi connectivity index (χ3n) is 3.48. The number of ether oxygens (including phenoxy) is 3. The molecule has 128 valence electrons. The van der Waals surface area contributed by atoms with Crippen molar-refractivity contribution in [1.29, 1.82) is 0 Å². The molecule has 6 nitrogen and oxygen atoms in total. The number of nitrogens with one attached hydrogen (secondary N) is 1. The Morgan fingerprint density at radius 1 is 1.17 bits per heavy atom. The third-order valence-corrected chi connectivity index (χ3v) is 3.48. The van der Waals surface area contributed by atoms with Gasteiger partial charge in [0.25, 0.3) is 0 Å². The number of esters is 1. The first kappa shape index (κ1) is 17.5. The Labute approximate surface area is 139 Å². The normalized spacial score (nSPS) is 11.5. The van der Waals surface area contributed by atoms with Crippen molar-refractivity contribution in [3.05, 3.63) is 47.3 Å². The Morgan fingerprint density at radius 3 is 2.54 bits per heavy atom. The highest BCUT2D eigenvalue weighted by molar-refractivity contribution is 5.92. The van der Waals surface area contributed by atoms with Crippen molar-refractivity contribution in [2.75, 3.05) is 26.6 Å². The number of pyridine rings is 1. The molecule has 0 radical (unpaired) electrons. The summed E-state index contributed by atoms with van der Waals surface area (Å²) in [6.07, 6.45) is 0. The van der Waals surface area contributed by atoms with E-state index in [0.717, 1.165) is 0 Å². The first-order valence-corrected chi connectivity index (χ1v) is 7.23. The predicted octanol–water partition coefficient (Wildman–Crippen LogP) is 3.20. The van der Waals surface area contributed by atoms with Crippen LogP contribution >= 0.6 is 0 Å². The zero-order valence-electron chi connectivity index (χ0n) is 13.9. The van der Waals surface area contributed by atoms with Crippen LogP contribution in [-0.4, -0.2) is 32.3 Å². The summed E-state index contributed by atoms with van der Waals surface area (Å²) in [5.41, 5.74) is 0.872. The smallest absolute Gasteiger partial charge is 0.343 e. The second-order valence-electron chi connectivity index (χ2n) is 5.00. The molecule has 1 aromatic heterocycles. The van der Waals surface area contributed by atoms with Gasteiger partial charge in [0.2, 0.25) is 5.88 Å². The van der Waals surface area contributed by atoms with Gasteiger partial charge in [-0.25, -0.2) is 9.18 Å². The number of nitrogens with zero attached hydrogens (tertiary/aromatic N) is 1. The fraction of sp³-hybridized carbons (Fsp3) is 0.294. The fourth-order valence-corrected chi connectivity index (χ4v) is 2.28. The van der Waals surface area contributed by atoms with E-state index in [-0.39, 0.29) is 23.3 Å². The Bertz CT molecular complexity index is 737. The highest BCUT2D eigenvalue weighted by atomic mass is 19.1. The molecule has 1 atom stereocenters. The number of rotatable bonds is 6. The summed E-state index contributed by atoms with van der Waals surface area (Å²) in [6.45, 7) is 1.85. The van der Waals surface area contributed by atoms with Gasteiger partial charge in [-0.2, -0.15) is 4.98 Å². The Hall–Kier alpha value is -2.83. The van der Waals surface area contributed by atoms with E-state index in [9.17, 15) is 9.18 Å². The molecule has 0 fully saturated rings. The van der Waals surface area contributed by atoms with Gasteiger partial charge in [0.05, 0.1) is 27.4 Å². The van der Waals surface area contributed by atoms with E-state index in [0.29, 0.717) is 17.1 Å². The summed E-state index contributed by atoms with van der Waals surface area (Å²) in [6, 6.07) is 7.19. The van der Waals surface area contributed by atoms with Crippen LogP contribution in [0.4, 0.5) is 10.2 Å². The van der Waals surface area contributed by atoms with E-state index in [1.54, 1.807) is 18.2 Å². The van der Waals surface area contributed by atoms with Crippen molar-refractivity contribution in [2.45, 2.75) is 13.0 Å². The summed E-state index contributed by atoms with van der Waals surface area (Å²) in [5, 5.41) is 3.13. The lowest BCUT2D eigenvalue weighted by molar-refractivity contribution is 0.0596. The first-order valence-electron chi connectivity index (χ1n) is 7.23. The van der Waals surface area contributed by atoms with Crippen LogP contribution in [0.2, 0.25) is 0 Å². The van der Waals surface area contributed by atoms with Crippen LogP contribution in [0.5, 0.6) is 11.6 Å². The molecular formula is C17H19FN2O4. The van der Waals surface area contributed by atoms with Gasteiger partial charge in [0, 0.05) is 5.56 Å². The van der Waals surface area contributed by atoms with E-state index in [2.05, 4.69) is 15.0 Å². The van der Waals surface area contributed by atoms with Crippen LogP contribution in [0.1, 0.15) is 28.9 Å². The largest absolute Gasteiger partial charge is 0.496 e. The molecule has 0 saturated carbocycles. The molecule has 0 spiro atoms. The van der Waals surface area contributed by atoms with E-state index in [4.69, 9.17) is 9.47 Å². The molecule has 24 heavy (non-hydrogen) atoms. The SMILES string of the molecule is COC(=O)c1ccc(NC(C)c2cc(F)ccc2OC)nc1OC. The van der Waals surface area contributed by atoms with Crippen LogP contribution in [-0.2, 0) is 4.74 Å². The number of carbonyl (C=O) groups is 1. The van der Waals surface area contributed by atoms with E-state index in [1.807, 2.05) is 6.92 Å². The number of anilines is 1. The maximum absolute atomic E-state index is 13.5. The first-order chi connectivity index (χ1) is 11.5. The molecular weight excluding hydrogens is 315 g/mol. The van der Waals surface area contributed by atoms with E-state index >= 15 is 0 Å². The molecule has 0 aliphatic carbocycles. The molecule has 0 aliphatic rings. The number of halogens is 1. The van der Waals surface area contributed by atoms with Crippen LogP contribution in [0.3, 0.4) is 0 Å². The van der Waals surface area contributed by atoms with Crippen LogP contribution in [0.25, 0.3) is 0 Å². The van der Waals surface area contributed by atoms with E-state index < -0.39 is 5.97 Å². The van der Waals surface area contributed by atoms with Gasteiger partial charge < -0.3 is 19.5 Å². The molecule has 0 aliphatic heterocycles. The monoisotopic (exact) mass is 334 g/mol. The van der Waals surface area contributed by atoms with Crippen LogP contribution in [0.15, 0.2) is 30.3 Å². The minimum Gasteiger partial charge on any atom is -0.496 e. The summed E-state index contributed by atoms with van der Waals surface area (Å²) in [7, 11) is 4.22. The average Bonchev–Trinajstić information content (AvgIpc) is 2.60. The molecule has 1 aromatic carbocycles. The molecule has 2 aromatic rings. The lowest BCUT2D eigenvalue weighted by atomic mass is 10.1. The number of hydrogen-bond acceptors (Lipinski definition) is 6. The number of benzene rings is 1. The number of methoxy groups -OCH3 is 3. The molecule has 0 saturated heterocycles. The van der Waals surface area contributed by atoms with Crippen LogP contribution in [0, 0.1) is 5.82 Å². The van der Waals surface area contributed by atoms with Crippen molar-refractivity contribution >= 4 is 11.8 Å². The number of aromatic nitrogens is 1. The minimum absolute atomic E-state index is 0.144. The van der Waals surface area contributed by atoms with Crippen molar-refractivity contribution < 1.29 is 23.4 Å². The van der Waals surface area contributed by atoms with E-state index in [1.165, 1.54) is 33.5 Å². The van der Waals surface area contributed by atoms with Crippen LogP contribution < -0.4 is 14.8 Å². The Kier molecular flexibility index (Phi) is 5.57. The number of hydrogen-bond donors (Lipinski definition) is 1. The Balaban J connectivity index is 2.28. The van der Waals surface area contributed by atoms with Gasteiger partial charge in [0.1, 0.15) is 22.9 Å². The minimum atomic E-state index is -0.536. The molecule has 7 heteroatoms. The maximum atomic E-state index is 13.5. The highest BCUT2D eigenvalue weighted by Crippen LogP contribution is 2.29. The van der Waals surface area contributed by atoms with Crippen molar-refractivity contribution in [1.82, 2.24) is 4.98 Å². The topological polar surface area (TPSA) is 69.7 Å². The summed E-state index contributed by atoms with van der Waals surface area (Å²) in [5.74, 6) is 0.287. The average molecular weight is 334 g/mol. The van der Waals surface area contributed by atoms with Gasteiger partial charge in [-0.05, 0) is 37.3 Å². The summed E-state index contributed by atoms with van der Waals surface area (Å²) >= 11 is 0. The maximum Gasteiger partial charge on any atom is 0.343 e. The third kappa shape index (κ3) is 3.73. The Morgan fingerprint density at radius 2 is 1.92 bits per heavy atom.